The number of nitrogens with zero attached hydrogens (tertiary/aromatic N) is 2. The molecule has 86 valence electrons. The van der Waals surface area contributed by atoms with E-state index in [4.69, 9.17) is 24.1 Å². The second-order valence-electron chi connectivity index (χ2n) is 1.96. The van der Waals surface area contributed by atoms with E-state index in [0.29, 0.717) is 5.56 Å². The number of nitriles is 1. The summed E-state index contributed by atoms with van der Waals surface area (Å²) < 4.78 is 0. The molecule has 0 aliphatic heterocycles. The van der Waals surface area contributed by atoms with Crippen LogP contribution in [0.2, 0.25) is 0 Å². The Labute approximate surface area is 103 Å². The number of rotatable bonds is 1. The first-order chi connectivity index (χ1) is 6.65. The van der Waals surface area contributed by atoms with Crippen LogP contribution in [0.1, 0.15) is 5.56 Å². The molecule has 0 saturated heterocycles. The van der Waals surface area contributed by atoms with E-state index < -0.39 is 21.4 Å². The number of hydrogen-bond donors (Lipinski definition) is 1. The van der Waals surface area contributed by atoms with Gasteiger partial charge >= 0.3 is 35.3 Å². The molecule has 0 radical (unpaired) electrons. The van der Waals surface area contributed by atoms with Gasteiger partial charge in [0.1, 0.15) is 0 Å². The van der Waals surface area contributed by atoms with Crippen LogP contribution >= 0.6 is 18.8 Å². The van der Waals surface area contributed by atoms with Crippen LogP contribution < -0.4 is 6.15 Å². The molecule has 0 aliphatic rings. The summed E-state index contributed by atoms with van der Waals surface area (Å²) in [6, 6.07) is 7.31. The number of nitro benzene ring substituents is 1. The molecule has 1 aromatic carbocycles. The molecule has 0 amide bonds. The topological polar surface area (TPSA) is 102 Å². The Balaban J connectivity index is 0. The molecule has 1 aromatic rings. The molecule has 0 aliphatic carbocycles. The minimum atomic E-state index is -0.499. The van der Waals surface area contributed by atoms with E-state index >= 15 is 0 Å². The minimum absolute atomic E-state index is 0. The SMILES string of the molecule is N.N#Cc1ccc([N+](=O)[O-])cc1.[Cl][Pt][Cl]. The van der Waals surface area contributed by atoms with Crippen LogP contribution in [-0.2, 0) is 16.5 Å². The fourth-order valence-electron chi connectivity index (χ4n) is 0.658. The van der Waals surface area contributed by atoms with Gasteiger partial charge in [0.05, 0.1) is 16.6 Å². The van der Waals surface area contributed by atoms with Crippen LogP contribution in [0.3, 0.4) is 0 Å². The van der Waals surface area contributed by atoms with Crippen molar-refractivity contribution in [3.8, 4) is 6.07 Å². The van der Waals surface area contributed by atoms with Crippen molar-refractivity contribution in [1.82, 2.24) is 6.15 Å². The van der Waals surface area contributed by atoms with E-state index in [2.05, 4.69) is 0 Å². The third-order valence-corrected chi connectivity index (χ3v) is 1.21. The van der Waals surface area contributed by atoms with Crippen molar-refractivity contribution >= 4 is 24.5 Å². The van der Waals surface area contributed by atoms with Crippen LogP contribution in [0.4, 0.5) is 5.69 Å². The third-order valence-electron chi connectivity index (χ3n) is 1.21. The maximum absolute atomic E-state index is 10.1. The van der Waals surface area contributed by atoms with Crippen molar-refractivity contribution < 1.29 is 21.4 Å². The quantitative estimate of drug-likeness (QED) is 0.546. The van der Waals surface area contributed by atoms with Gasteiger partial charge in [0.15, 0.2) is 0 Å². The summed E-state index contributed by atoms with van der Waals surface area (Å²) in [5.74, 6) is 0. The summed E-state index contributed by atoms with van der Waals surface area (Å²) >= 11 is -0.472. The Kier molecular flexibility index (Phi) is 11.0. The van der Waals surface area contributed by atoms with E-state index in [0.717, 1.165) is 0 Å². The van der Waals surface area contributed by atoms with Gasteiger partial charge in [0.2, 0.25) is 0 Å². The Bertz CT molecular complexity index is 339. The van der Waals surface area contributed by atoms with Crippen molar-refractivity contribution in [2.45, 2.75) is 0 Å². The zero-order valence-electron chi connectivity index (χ0n) is 7.30. The Morgan fingerprint density at radius 1 is 1.33 bits per heavy atom. The number of halogens is 2. The second kappa shape index (κ2) is 9.88. The standard InChI is InChI=1S/C7H4N2O2.2ClH.H3N.Pt/c8-5-6-1-3-7(4-2-6)9(10)11;;;;/h1-4H;2*1H;1H3;/q;;;;+2/p-2. The first-order valence-electron chi connectivity index (χ1n) is 3.12. The zero-order valence-corrected chi connectivity index (χ0v) is 11.1. The van der Waals surface area contributed by atoms with Crippen LogP contribution in [0.15, 0.2) is 24.3 Å². The van der Waals surface area contributed by atoms with Gasteiger partial charge in [-0.25, -0.2) is 0 Å². The molecule has 15 heavy (non-hydrogen) atoms. The molecule has 0 fully saturated rings. The van der Waals surface area contributed by atoms with Crippen LogP contribution in [-0.4, -0.2) is 4.92 Å². The molecule has 8 heteroatoms. The number of nitro groups is 1. The fraction of sp³-hybridized carbons (Fsp3) is 0. The number of non-ortho nitro benzene ring substituents is 1. The Morgan fingerprint density at radius 3 is 2.00 bits per heavy atom. The van der Waals surface area contributed by atoms with Gasteiger partial charge in [-0.3, -0.25) is 10.1 Å². The van der Waals surface area contributed by atoms with E-state index in [9.17, 15) is 10.1 Å². The third kappa shape index (κ3) is 7.29. The molecular weight excluding hydrogens is 424 g/mol. The maximum atomic E-state index is 10.1. The van der Waals surface area contributed by atoms with Gasteiger partial charge < -0.3 is 6.15 Å². The predicted octanol–water partition coefficient (Wildman–Crippen LogP) is 3.00. The van der Waals surface area contributed by atoms with Gasteiger partial charge in [-0.05, 0) is 12.1 Å². The van der Waals surface area contributed by atoms with Gasteiger partial charge in [0, 0.05) is 12.1 Å². The summed E-state index contributed by atoms with van der Waals surface area (Å²) in [5, 5.41) is 18.5. The van der Waals surface area contributed by atoms with Crippen molar-refractivity contribution in [3.63, 3.8) is 0 Å². The summed E-state index contributed by atoms with van der Waals surface area (Å²) in [4.78, 5) is 9.62. The zero-order chi connectivity index (χ0) is 11.0. The second-order valence-corrected chi connectivity index (χ2v) is 5.24. The molecule has 1 rings (SSSR count). The van der Waals surface area contributed by atoms with Gasteiger partial charge in [-0.15, -0.1) is 0 Å². The van der Waals surface area contributed by atoms with E-state index in [1.54, 1.807) is 0 Å². The van der Waals surface area contributed by atoms with Crippen molar-refractivity contribution in [2.24, 2.45) is 0 Å². The molecule has 0 bridgehead atoms. The van der Waals surface area contributed by atoms with E-state index in [1.165, 1.54) is 24.3 Å². The van der Waals surface area contributed by atoms with Crippen LogP contribution in [0.5, 0.6) is 0 Å². The number of benzene rings is 1. The first kappa shape index (κ1) is 16.8. The molecule has 0 unspecified atom stereocenters. The monoisotopic (exact) mass is 430 g/mol. The van der Waals surface area contributed by atoms with Gasteiger partial charge in [-0.1, -0.05) is 0 Å². The molecule has 0 atom stereocenters. The van der Waals surface area contributed by atoms with E-state index in [1.807, 2.05) is 6.07 Å². The van der Waals surface area contributed by atoms with Crippen molar-refractivity contribution in [1.29, 1.82) is 5.26 Å². The molecule has 0 saturated carbocycles. The van der Waals surface area contributed by atoms with Gasteiger partial charge in [0.25, 0.3) is 5.69 Å². The summed E-state index contributed by atoms with van der Waals surface area (Å²) in [6.07, 6.45) is 0. The summed E-state index contributed by atoms with van der Waals surface area (Å²) in [7, 11) is 9.75. The molecule has 5 nitrogen and oxygen atoms in total. The molecule has 0 heterocycles. The fourth-order valence-corrected chi connectivity index (χ4v) is 0.658. The molecule has 0 spiro atoms. The molecular formula is C7H7Cl2N3O2Pt. The Hall–Kier alpha value is -0.662. The molecule has 0 aromatic heterocycles. The summed E-state index contributed by atoms with van der Waals surface area (Å²) in [5.41, 5.74) is 0.430. The van der Waals surface area contributed by atoms with E-state index in [-0.39, 0.29) is 11.8 Å². The van der Waals surface area contributed by atoms with Crippen LogP contribution in [0, 0.1) is 21.4 Å². The summed E-state index contributed by atoms with van der Waals surface area (Å²) in [6.45, 7) is 0. The van der Waals surface area contributed by atoms with Gasteiger partial charge in [-0.2, -0.15) is 5.26 Å². The average Bonchev–Trinajstić information content (AvgIpc) is 2.19. The normalized spacial score (nSPS) is 7.80. The predicted molar refractivity (Wildman–Crippen MR) is 54.5 cm³/mol. The Morgan fingerprint density at radius 2 is 1.73 bits per heavy atom. The number of hydrogen-bond acceptors (Lipinski definition) is 4. The average molecular weight is 431 g/mol. The van der Waals surface area contributed by atoms with Crippen LogP contribution in [0.25, 0.3) is 0 Å². The molecule has 3 N–H and O–H groups in total. The van der Waals surface area contributed by atoms with Crippen molar-refractivity contribution in [3.05, 3.63) is 39.9 Å². The van der Waals surface area contributed by atoms with Crippen molar-refractivity contribution in [2.75, 3.05) is 0 Å². The first-order valence-corrected chi connectivity index (χ1v) is 8.75.